The number of carboxylic acid groups (broad SMARTS) is 1. The largest absolute Gasteiger partial charge is 0.481 e. The van der Waals surface area contributed by atoms with Gasteiger partial charge in [0.25, 0.3) is 5.97 Å². The first-order chi connectivity index (χ1) is 15.3. The molecule has 0 heterocycles. The Morgan fingerprint density at radius 3 is 1.73 bits per heavy atom. The fourth-order valence-corrected chi connectivity index (χ4v) is 3.23. The molecule has 3 atom stereocenters. The SMILES string of the molecule is CC(=O)O.CNC(=O)[C@H](CCCN=C(N)N)NC(=O)C(CC(C)C)C(CC(C)C)C(=O)NO. The Morgan fingerprint density at radius 1 is 0.909 bits per heavy atom. The van der Waals surface area contributed by atoms with Crippen molar-refractivity contribution in [2.75, 3.05) is 13.6 Å². The van der Waals surface area contributed by atoms with Crippen LogP contribution in [0.4, 0.5) is 0 Å². The van der Waals surface area contributed by atoms with Crippen molar-refractivity contribution in [3.05, 3.63) is 0 Å². The van der Waals surface area contributed by atoms with Gasteiger partial charge in [0, 0.05) is 26.4 Å². The molecule has 0 rings (SSSR count). The van der Waals surface area contributed by atoms with Crippen molar-refractivity contribution in [1.82, 2.24) is 16.1 Å². The average molecular weight is 475 g/mol. The van der Waals surface area contributed by atoms with Crippen LogP contribution in [0, 0.1) is 23.7 Å². The van der Waals surface area contributed by atoms with E-state index in [-0.39, 0.29) is 29.6 Å². The fourth-order valence-electron chi connectivity index (χ4n) is 3.23. The zero-order chi connectivity index (χ0) is 26.1. The normalized spacial score (nSPS) is 13.1. The summed E-state index contributed by atoms with van der Waals surface area (Å²) in [5.74, 6) is -3.26. The lowest BCUT2D eigenvalue weighted by Gasteiger charge is -2.29. The number of amides is 3. The molecule has 0 aliphatic carbocycles. The quantitative estimate of drug-likeness (QED) is 0.0642. The minimum atomic E-state index is -0.833. The monoisotopic (exact) mass is 474 g/mol. The van der Waals surface area contributed by atoms with Gasteiger partial charge in [-0.15, -0.1) is 0 Å². The van der Waals surface area contributed by atoms with Gasteiger partial charge in [0.1, 0.15) is 6.04 Å². The van der Waals surface area contributed by atoms with E-state index in [1.807, 2.05) is 27.7 Å². The summed E-state index contributed by atoms with van der Waals surface area (Å²) in [6, 6.07) is -0.770. The second kappa shape index (κ2) is 17.6. The van der Waals surface area contributed by atoms with Crippen LogP contribution in [0.15, 0.2) is 4.99 Å². The Labute approximate surface area is 195 Å². The number of carbonyl (C=O) groups is 4. The molecule has 0 aliphatic rings. The number of aliphatic carboxylic acids is 1. The van der Waals surface area contributed by atoms with Crippen molar-refractivity contribution < 1.29 is 29.5 Å². The van der Waals surface area contributed by atoms with Gasteiger partial charge >= 0.3 is 0 Å². The number of hydrogen-bond acceptors (Lipinski definition) is 6. The summed E-state index contributed by atoms with van der Waals surface area (Å²) in [6.07, 6.45) is 1.73. The summed E-state index contributed by atoms with van der Waals surface area (Å²) in [6.45, 7) is 9.21. The average Bonchev–Trinajstić information content (AvgIpc) is 2.70. The second-order valence-electron chi connectivity index (χ2n) is 8.59. The summed E-state index contributed by atoms with van der Waals surface area (Å²) in [5.41, 5.74) is 12.3. The molecule has 0 aliphatic heterocycles. The molecule has 2 unspecified atom stereocenters. The van der Waals surface area contributed by atoms with E-state index < -0.39 is 29.8 Å². The highest BCUT2D eigenvalue weighted by atomic mass is 16.5. The zero-order valence-corrected chi connectivity index (χ0v) is 20.6. The Hall–Kier alpha value is -2.89. The van der Waals surface area contributed by atoms with Gasteiger partial charge in [-0.3, -0.25) is 29.4 Å². The van der Waals surface area contributed by atoms with Gasteiger partial charge in [-0.1, -0.05) is 27.7 Å². The number of nitrogens with two attached hydrogens (primary N) is 2. The molecule has 0 aromatic heterocycles. The number of guanidine groups is 1. The van der Waals surface area contributed by atoms with E-state index in [0.717, 1.165) is 6.92 Å². The number of aliphatic imine (C=N–C) groups is 1. The highest BCUT2D eigenvalue weighted by Crippen LogP contribution is 2.27. The number of nitrogens with zero attached hydrogens (tertiary/aromatic N) is 1. The highest BCUT2D eigenvalue weighted by Gasteiger charge is 2.36. The standard InChI is InChI=1S/C19H38N6O4.C2H4O2/c1-11(2)9-13(14(10-12(3)4)17(27)25-29)16(26)24-15(18(28)22-5)7-6-8-23-19(20)21;1-2(3)4/h11-15,29H,6-10H2,1-5H3,(H,22,28)(H,24,26)(H,25,27)(H4,20,21,23);1H3,(H,3,4)/t13?,14?,15-;/m0./s1. The van der Waals surface area contributed by atoms with Crippen molar-refractivity contribution in [2.24, 2.45) is 40.1 Å². The number of rotatable bonds is 13. The van der Waals surface area contributed by atoms with Crippen molar-refractivity contribution >= 4 is 29.7 Å². The van der Waals surface area contributed by atoms with Crippen LogP contribution in [0.2, 0.25) is 0 Å². The zero-order valence-electron chi connectivity index (χ0n) is 20.6. The van der Waals surface area contributed by atoms with Crippen LogP contribution >= 0.6 is 0 Å². The van der Waals surface area contributed by atoms with Gasteiger partial charge in [-0.05, 0) is 37.5 Å². The van der Waals surface area contributed by atoms with Gasteiger partial charge in [0.15, 0.2) is 5.96 Å². The summed E-state index contributed by atoms with van der Waals surface area (Å²) < 4.78 is 0. The molecule has 0 aromatic carbocycles. The lowest BCUT2D eigenvalue weighted by Crippen LogP contribution is -2.50. The molecule has 0 radical (unpaired) electrons. The third-order valence-electron chi connectivity index (χ3n) is 4.54. The minimum absolute atomic E-state index is 0.0333. The van der Waals surface area contributed by atoms with Gasteiger partial charge in [-0.2, -0.15) is 0 Å². The minimum Gasteiger partial charge on any atom is -0.481 e. The third-order valence-corrected chi connectivity index (χ3v) is 4.54. The van der Waals surface area contributed by atoms with Crippen LogP contribution in [0.1, 0.15) is 60.3 Å². The maximum atomic E-state index is 13.1. The lowest BCUT2D eigenvalue weighted by atomic mass is 9.79. The predicted molar refractivity (Wildman–Crippen MR) is 125 cm³/mol. The molecule has 33 heavy (non-hydrogen) atoms. The van der Waals surface area contributed by atoms with E-state index in [1.165, 1.54) is 7.05 Å². The Bertz CT molecular complexity index is 645. The third kappa shape index (κ3) is 16.4. The van der Waals surface area contributed by atoms with Crippen LogP contribution < -0.4 is 27.6 Å². The molecule has 9 N–H and O–H groups in total. The first-order valence-corrected chi connectivity index (χ1v) is 11.0. The van der Waals surface area contributed by atoms with E-state index >= 15 is 0 Å². The molecular formula is C21H42N6O6. The smallest absolute Gasteiger partial charge is 0.300 e. The molecule has 0 spiro atoms. The molecule has 3 amide bonds. The van der Waals surface area contributed by atoms with E-state index in [4.69, 9.17) is 26.6 Å². The van der Waals surface area contributed by atoms with Crippen molar-refractivity contribution in [3.8, 4) is 0 Å². The van der Waals surface area contributed by atoms with E-state index in [1.54, 1.807) is 5.48 Å². The van der Waals surface area contributed by atoms with Crippen molar-refractivity contribution in [2.45, 2.75) is 66.3 Å². The lowest BCUT2D eigenvalue weighted by molar-refractivity contribution is -0.142. The van der Waals surface area contributed by atoms with E-state index in [2.05, 4.69) is 15.6 Å². The Morgan fingerprint density at radius 2 is 1.36 bits per heavy atom. The van der Waals surface area contributed by atoms with Crippen LogP contribution in [-0.4, -0.2) is 59.6 Å². The van der Waals surface area contributed by atoms with Gasteiger partial charge < -0.3 is 27.2 Å². The van der Waals surface area contributed by atoms with E-state index in [0.29, 0.717) is 32.2 Å². The molecule has 192 valence electrons. The molecule has 0 bridgehead atoms. The number of hydrogen-bond donors (Lipinski definition) is 7. The Balaban J connectivity index is 0. The highest BCUT2D eigenvalue weighted by molar-refractivity contribution is 5.91. The summed E-state index contributed by atoms with van der Waals surface area (Å²) in [4.78, 5) is 50.4. The molecule has 0 saturated carbocycles. The number of carboxylic acids is 1. The van der Waals surface area contributed by atoms with Gasteiger partial charge in [-0.25, -0.2) is 5.48 Å². The summed E-state index contributed by atoms with van der Waals surface area (Å²) >= 11 is 0. The van der Waals surface area contributed by atoms with Gasteiger partial charge in [0.2, 0.25) is 17.7 Å². The number of nitrogens with one attached hydrogen (secondary N) is 3. The molecule has 0 saturated heterocycles. The van der Waals surface area contributed by atoms with Crippen LogP contribution in [0.25, 0.3) is 0 Å². The molecule has 0 fully saturated rings. The van der Waals surface area contributed by atoms with Crippen LogP contribution in [0.3, 0.4) is 0 Å². The van der Waals surface area contributed by atoms with Crippen molar-refractivity contribution in [3.63, 3.8) is 0 Å². The number of hydroxylamine groups is 1. The number of likely N-dealkylation sites (N-methyl/N-ethyl adjacent to an activating group) is 1. The molecular weight excluding hydrogens is 432 g/mol. The first-order valence-electron chi connectivity index (χ1n) is 11.0. The van der Waals surface area contributed by atoms with Crippen LogP contribution in [-0.2, 0) is 19.2 Å². The molecule has 12 heteroatoms. The second-order valence-corrected chi connectivity index (χ2v) is 8.59. The Kier molecular flexibility index (Phi) is 17.3. The topological polar surface area (TPSA) is 209 Å². The van der Waals surface area contributed by atoms with E-state index in [9.17, 15) is 14.4 Å². The number of carbonyl (C=O) groups excluding carboxylic acids is 3. The summed E-state index contributed by atoms with van der Waals surface area (Å²) in [5, 5.41) is 21.9. The summed E-state index contributed by atoms with van der Waals surface area (Å²) in [7, 11) is 1.49. The van der Waals surface area contributed by atoms with Crippen molar-refractivity contribution in [1.29, 1.82) is 0 Å². The molecule has 12 nitrogen and oxygen atoms in total. The first kappa shape index (κ1) is 32.3. The maximum absolute atomic E-state index is 13.1. The van der Waals surface area contributed by atoms with Crippen LogP contribution in [0.5, 0.6) is 0 Å². The van der Waals surface area contributed by atoms with Gasteiger partial charge in [0.05, 0.1) is 5.92 Å². The fraction of sp³-hybridized carbons (Fsp3) is 0.762. The molecule has 0 aromatic rings. The maximum Gasteiger partial charge on any atom is 0.300 e. The predicted octanol–water partition coefficient (Wildman–Crippen LogP) is 0.192.